The van der Waals surface area contributed by atoms with Crippen molar-refractivity contribution >= 4 is 13.9 Å². The second-order valence-electron chi connectivity index (χ2n) is 1.36. The quantitative estimate of drug-likeness (QED) is 0.337. The van der Waals surface area contributed by atoms with Crippen LogP contribution in [0.2, 0.25) is 0 Å². The SMILES string of the molecule is BNC(=O)C(=C)C. The van der Waals surface area contributed by atoms with Gasteiger partial charge in [0.15, 0.2) is 0 Å². The molecule has 38 valence electrons. The van der Waals surface area contributed by atoms with Crippen LogP contribution < -0.4 is 5.23 Å². The van der Waals surface area contributed by atoms with Crippen molar-refractivity contribution in [3.8, 4) is 0 Å². The summed E-state index contributed by atoms with van der Waals surface area (Å²) in [5.41, 5.74) is 0.544. The maximum atomic E-state index is 10.3. The van der Waals surface area contributed by atoms with Crippen molar-refractivity contribution in [2.45, 2.75) is 6.92 Å². The molecule has 0 aromatic heterocycles. The molecule has 0 rings (SSSR count). The van der Waals surface area contributed by atoms with Crippen molar-refractivity contribution in [3.63, 3.8) is 0 Å². The van der Waals surface area contributed by atoms with E-state index in [9.17, 15) is 4.79 Å². The van der Waals surface area contributed by atoms with Crippen LogP contribution in [0.15, 0.2) is 12.2 Å². The molecule has 0 saturated carbocycles. The first-order valence-corrected chi connectivity index (χ1v) is 2.06. The van der Waals surface area contributed by atoms with Crippen LogP contribution in [-0.2, 0) is 4.79 Å². The predicted molar refractivity (Wildman–Crippen MR) is 31.5 cm³/mol. The van der Waals surface area contributed by atoms with Crippen molar-refractivity contribution in [1.29, 1.82) is 0 Å². The summed E-state index contributed by atoms with van der Waals surface area (Å²) in [6.45, 7) is 5.08. The zero-order chi connectivity index (χ0) is 5.86. The van der Waals surface area contributed by atoms with E-state index in [0.29, 0.717) is 5.57 Å². The number of rotatable bonds is 1. The Labute approximate surface area is 44.0 Å². The van der Waals surface area contributed by atoms with E-state index < -0.39 is 0 Å². The molecular formula is C4H8BNO. The topological polar surface area (TPSA) is 29.1 Å². The zero-order valence-corrected chi connectivity index (χ0v) is 4.62. The fraction of sp³-hybridized carbons (Fsp3) is 0.250. The van der Waals surface area contributed by atoms with Gasteiger partial charge in [-0.25, -0.2) is 0 Å². The Balaban J connectivity index is 3.58. The minimum Gasteiger partial charge on any atom is -0.402 e. The van der Waals surface area contributed by atoms with Gasteiger partial charge >= 0.3 is 0 Å². The fourth-order valence-corrected chi connectivity index (χ4v) is 0.213. The summed E-state index contributed by atoms with van der Waals surface area (Å²) >= 11 is 0. The van der Waals surface area contributed by atoms with E-state index in [1.165, 1.54) is 0 Å². The molecule has 0 fully saturated rings. The molecule has 0 aliphatic rings. The molecule has 0 unspecified atom stereocenters. The molecule has 1 amide bonds. The van der Waals surface area contributed by atoms with Crippen LogP contribution in [-0.4, -0.2) is 13.9 Å². The van der Waals surface area contributed by atoms with Gasteiger partial charge < -0.3 is 5.23 Å². The summed E-state index contributed by atoms with van der Waals surface area (Å²) in [7, 11) is 1.58. The predicted octanol–water partition coefficient (Wildman–Crippen LogP) is -0.773. The lowest BCUT2D eigenvalue weighted by Crippen LogP contribution is -2.19. The summed E-state index contributed by atoms with van der Waals surface area (Å²) < 4.78 is 0. The fourth-order valence-electron chi connectivity index (χ4n) is 0.213. The van der Waals surface area contributed by atoms with E-state index >= 15 is 0 Å². The third-order valence-electron chi connectivity index (χ3n) is 0.615. The molecular weight excluding hydrogens is 88.9 g/mol. The lowest BCUT2D eigenvalue weighted by atomic mass is 10.3. The van der Waals surface area contributed by atoms with Crippen molar-refractivity contribution < 1.29 is 4.79 Å². The monoisotopic (exact) mass is 97.1 g/mol. The minimum atomic E-state index is -0.0972. The van der Waals surface area contributed by atoms with Gasteiger partial charge in [0.25, 0.3) is 0 Å². The van der Waals surface area contributed by atoms with Gasteiger partial charge in [0.1, 0.15) is 0 Å². The zero-order valence-electron chi connectivity index (χ0n) is 4.62. The van der Waals surface area contributed by atoms with Crippen LogP contribution in [0, 0.1) is 0 Å². The highest BCUT2D eigenvalue weighted by Crippen LogP contribution is 1.81. The first kappa shape index (κ1) is 6.27. The largest absolute Gasteiger partial charge is 0.402 e. The first-order chi connectivity index (χ1) is 3.18. The smallest absolute Gasteiger partial charge is 0.233 e. The molecule has 0 atom stereocenters. The lowest BCUT2D eigenvalue weighted by Gasteiger charge is -1.92. The second kappa shape index (κ2) is 2.45. The third-order valence-corrected chi connectivity index (χ3v) is 0.615. The van der Waals surface area contributed by atoms with E-state index in [-0.39, 0.29) is 5.91 Å². The molecule has 0 radical (unpaired) electrons. The molecule has 0 aliphatic carbocycles. The molecule has 0 bridgehead atoms. The summed E-state index contributed by atoms with van der Waals surface area (Å²) in [6, 6.07) is 0. The number of hydrogen-bond acceptors (Lipinski definition) is 1. The standard InChI is InChI=1S/C4H8BNO/c1-3(2)4(7)6-5/h1,5H2,2H3,(H,6,7). The Morgan fingerprint density at radius 3 is 2.29 bits per heavy atom. The van der Waals surface area contributed by atoms with Gasteiger partial charge in [-0.2, -0.15) is 0 Å². The molecule has 0 aromatic carbocycles. The molecule has 2 nitrogen and oxygen atoms in total. The maximum absolute atomic E-state index is 10.3. The molecule has 0 aromatic rings. The van der Waals surface area contributed by atoms with Crippen LogP contribution in [0.25, 0.3) is 0 Å². The van der Waals surface area contributed by atoms with Crippen molar-refractivity contribution in [2.75, 3.05) is 0 Å². The third kappa shape index (κ3) is 2.03. The Morgan fingerprint density at radius 2 is 2.29 bits per heavy atom. The second-order valence-corrected chi connectivity index (χ2v) is 1.36. The number of carbonyl (C=O) groups excluding carboxylic acids is 1. The van der Waals surface area contributed by atoms with Gasteiger partial charge in [0.05, 0.1) is 0 Å². The van der Waals surface area contributed by atoms with Crippen LogP contribution in [0.1, 0.15) is 6.92 Å². The van der Waals surface area contributed by atoms with Gasteiger partial charge in [-0.15, -0.1) is 0 Å². The number of carbonyl (C=O) groups is 1. The van der Waals surface area contributed by atoms with Crippen molar-refractivity contribution in [3.05, 3.63) is 12.2 Å². The van der Waals surface area contributed by atoms with Gasteiger partial charge in [-0.3, -0.25) is 4.79 Å². The Kier molecular flexibility index (Phi) is 2.19. The van der Waals surface area contributed by atoms with E-state index in [2.05, 4.69) is 11.8 Å². The molecule has 1 N–H and O–H groups in total. The lowest BCUT2D eigenvalue weighted by molar-refractivity contribution is -0.115. The van der Waals surface area contributed by atoms with Crippen LogP contribution in [0.4, 0.5) is 0 Å². The highest BCUT2D eigenvalue weighted by Gasteiger charge is 1.92. The van der Waals surface area contributed by atoms with E-state index in [1.54, 1.807) is 14.9 Å². The van der Waals surface area contributed by atoms with Gasteiger partial charge in [0.2, 0.25) is 13.9 Å². The molecule has 0 heterocycles. The summed E-state index contributed by atoms with van der Waals surface area (Å²) in [6.07, 6.45) is 0. The highest BCUT2D eigenvalue weighted by molar-refractivity contribution is 6.17. The van der Waals surface area contributed by atoms with E-state index in [4.69, 9.17) is 0 Å². The van der Waals surface area contributed by atoms with Gasteiger partial charge in [-0.05, 0) is 6.92 Å². The normalized spacial score (nSPS) is 7.57. The molecule has 7 heavy (non-hydrogen) atoms. The Bertz CT molecular complexity index is 99.9. The summed E-state index contributed by atoms with van der Waals surface area (Å²) in [5, 5.41) is 2.43. The van der Waals surface area contributed by atoms with Crippen LogP contribution in [0.5, 0.6) is 0 Å². The van der Waals surface area contributed by atoms with Crippen LogP contribution in [0.3, 0.4) is 0 Å². The van der Waals surface area contributed by atoms with Crippen molar-refractivity contribution in [2.24, 2.45) is 0 Å². The number of nitrogens with one attached hydrogen (secondary N) is 1. The first-order valence-electron chi connectivity index (χ1n) is 2.06. The molecule has 3 heteroatoms. The van der Waals surface area contributed by atoms with Gasteiger partial charge in [0, 0.05) is 5.57 Å². The average molecular weight is 96.9 g/mol. The van der Waals surface area contributed by atoms with E-state index in [1.807, 2.05) is 0 Å². The molecule has 0 aliphatic heterocycles. The summed E-state index contributed by atoms with van der Waals surface area (Å²) in [5.74, 6) is -0.0972. The number of amides is 1. The Morgan fingerprint density at radius 1 is 1.86 bits per heavy atom. The van der Waals surface area contributed by atoms with Crippen LogP contribution >= 0.6 is 0 Å². The highest BCUT2D eigenvalue weighted by atomic mass is 16.1. The maximum Gasteiger partial charge on any atom is 0.233 e. The average Bonchev–Trinajstić information content (AvgIpc) is 1.65. The van der Waals surface area contributed by atoms with Crippen molar-refractivity contribution in [1.82, 2.24) is 5.23 Å². The Hall–Kier alpha value is -0.725. The number of hydrogen-bond donors (Lipinski definition) is 1. The molecule has 0 saturated heterocycles. The molecule has 0 spiro atoms. The van der Waals surface area contributed by atoms with E-state index in [0.717, 1.165) is 0 Å². The summed E-state index contributed by atoms with van der Waals surface area (Å²) in [4.78, 5) is 10.3. The van der Waals surface area contributed by atoms with Gasteiger partial charge in [-0.1, -0.05) is 6.58 Å². The minimum absolute atomic E-state index is 0.0972.